The predicted molar refractivity (Wildman–Crippen MR) is 93.6 cm³/mol. The monoisotopic (exact) mass is 361 g/mol. The quantitative estimate of drug-likeness (QED) is 0.853. The Hall–Kier alpha value is -2.25. The minimum Gasteiger partial charge on any atom is -0.379 e. The van der Waals surface area contributed by atoms with Crippen LogP contribution in [0.1, 0.15) is 29.9 Å². The molecule has 26 heavy (non-hydrogen) atoms. The van der Waals surface area contributed by atoms with Gasteiger partial charge in [0.25, 0.3) is 5.91 Å². The molecule has 1 aliphatic rings. The fourth-order valence-electron chi connectivity index (χ4n) is 3.45. The minimum atomic E-state index is -1.48. The largest absolute Gasteiger partial charge is 0.379 e. The molecular formula is C19H24FN3O3. The van der Waals surface area contributed by atoms with Gasteiger partial charge in [-0.2, -0.15) is 0 Å². The summed E-state index contributed by atoms with van der Waals surface area (Å²) < 4.78 is 19.1. The van der Waals surface area contributed by atoms with Crippen LogP contribution >= 0.6 is 0 Å². The molecule has 2 aromatic rings. The van der Waals surface area contributed by atoms with Crippen molar-refractivity contribution in [2.24, 2.45) is 0 Å². The van der Waals surface area contributed by atoms with Gasteiger partial charge < -0.3 is 14.5 Å². The average molecular weight is 361 g/mol. The summed E-state index contributed by atoms with van der Waals surface area (Å²) in [5.41, 5.74) is -0.236. The molecule has 0 spiro atoms. The molecule has 0 aliphatic carbocycles. The summed E-state index contributed by atoms with van der Waals surface area (Å²) in [7, 11) is 1.82. The first-order valence-electron chi connectivity index (χ1n) is 8.73. The highest BCUT2D eigenvalue weighted by atomic mass is 19.1. The van der Waals surface area contributed by atoms with Gasteiger partial charge in [0.2, 0.25) is 0 Å². The second kappa shape index (κ2) is 7.55. The molecule has 140 valence electrons. The summed E-state index contributed by atoms with van der Waals surface area (Å²) in [6.07, 6.45) is 1.06. The Morgan fingerprint density at radius 3 is 2.88 bits per heavy atom. The van der Waals surface area contributed by atoms with Crippen LogP contribution in [0.3, 0.4) is 0 Å². The van der Waals surface area contributed by atoms with Crippen molar-refractivity contribution in [1.82, 2.24) is 15.0 Å². The lowest BCUT2D eigenvalue weighted by Gasteiger charge is -2.40. The van der Waals surface area contributed by atoms with Crippen LogP contribution < -0.4 is 0 Å². The van der Waals surface area contributed by atoms with E-state index < -0.39 is 5.60 Å². The van der Waals surface area contributed by atoms with Crippen LogP contribution in [-0.2, 0) is 17.9 Å². The van der Waals surface area contributed by atoms with E-state index in [-0.39, 0.29) is 24.8 Å². The number of amides is 1. The number of nitrogens with zero attached hydrogens (tertiary/aromatic N) is 3. The maximum Gasteiger partial charge on any atom is 0.256 e. The summed E-state index contributed by atoms with van der Waals surface area (Å²) in [5, 5.41) is 14.8. The second-order valence-electron chi connectivity index (χ2n) is 7.06. The van der Waals surface area contributed by atoms with E-state index in [0.717, 1.165) is 5.69 Å². The second-order valence-corrected chi connectivity index (χ2v) is 7.06. The van der Waals surface area contributed by atoms with Crippen molar-refractivity contribution in [2.75, 3.05) is 20.1 Å². The molecule has 0 saturated carbocycles. The topological polar surface area (TPSA) is 69.8 Å². The Bertz CT molecular complexity index is 779. The third-order valence-electron chi connectivity index (χ3n) is 4.66. The summed E-state index contributed by atoms with van der Waals surface area (Å²) in [6, 6.07) is 8.23. The zero-order valence-corrected chi connectivity index (χ0v) is 15.1. The summed E-state index contributed by atoms with van der Waals surface area (Å²) in [6.45, 7) is 3.15. The van der Waals surface area contributed by atoms with Gasteiger partial charge in [0.1, 0.15) is 5.82 Å². The van der Waals surface area contributed by atoms with E-state index in [4.69, 9.17) is 4.52 Å². The Kier molecular flexibility index (Phi) is 5.38. The highest BCUT2D eigenvalue weighted by molar-refractivity contribution is 5.86. The maximum absolute atomic E-state index is 13.9. The van der Waals surface area contributed by atoms with Crippen molar-refractivity contribution >= 4 is 5.91 Å². The van der Waals surface area contributed by atoms with E-state index in [1.54, 1.807) is 18.2 Å². The van der Waals surface area contributed by atoms with E-state index in [1.165, 1.54) is 11.0 Å². The molecule has 1 aliphatic heterocycles. The van der Waals surface area contributed by atoms with Crippen LogP contribution in [0.15, 0.2) is 34.9 Å². The Morgan fingerprint density at radius 2 is 2.19 bits per heavy atom. The first-order valence-corrected chi connectivity index (χ1v) is 8.73. The van der Waals surface area contributed by atoms with Gasteiger partial charge in [0.05, 0.1) is 12.2 Å². The van der Waals surface area contributed by atoms with Crippen LogP contribution in [0, 0.1) is 12.7 Å². The molecule has 1 saturated heterocycles. The van der Waals surface area contributed by atoms with Crippen molar-refractivity contribution in [2.45, 2.75) is 38.5 Å². The summed E-state index contributed by atoms with van der Waals surface area (Å²) in [5.74, 6) is -0.0140. The van der Waals surface area contributed by atoms with Crippen LogP contribution in [0.4, 0.5) is 4.39 Å². The van der Waals surface area contributed by atoms with Crippen LogP contribution in [0.25, 0.3) is 0 Å². The fourth-order valence-corrected chi connectivity index (χ4v) is 3.45. The van der Waals surface area contributed by atoms with E-state index >= 15 is 0 Å². The molecule has 1 aromatic heterocycles. The van der Waals surface area contributed by atoms with Crippen molar-refractivity contribution in [1.29, 1.82) is 0 Å². The number of likely N-dealkylation sites (tertiary alicyclic amines) is 1. The van der Waals surface area contributed by atoms with Crippen molar-refractivity contribution in [3.63, 3.8) is 0 Å². The first-order chi connectivity index (χ1) is 12.4. The first kappa shape index (κ1) is 18.5. The molecule has 1 aromatic carbocycles. The number of aryl methyl sites for hydroxylation is 1. The Balaban J connectivity index is 1.66. The van der Waals surface area contributed by atoms with Crippen molar-refractivity contribution in [3.05, 3.63) is 53.2 Å². The maximum atomic E-state index is 13.9. The van der Waals surface area contributed by atoms with Crippen LogP contribution in [-0.4, -0.2) is 51.7 Å². The number of aliphatic hydroxyl groups is 1. The molecule has 3 rings (SSSR count). The number of hydrogen-bond acceptors (Lipinski definition) is 5. The normalized spacial score (nSPS) is 20.8. The number of carbonyl (C=O) groups excluding carboxylic acids is 1. The van der Waals surface area contributed by atoms with Gasteiger partial charge in [-0.25, -0.2) is 4.39 Å². The van der Waals surface area contributed by atoms with Crippen LogP contribution in [0.5, 0.6) is 0 Å². The predicted octanol–water partition coefficient (Wildman–Crippen LogP) is 2.11. The molecule has 1 N–H and O–H groups in total. The fraction of sp³-hybridized carbons (Fsp3) is 0.474. The number of aromatic nitrogens is 1. The number of hydrogen-bond donors (Lipinski definition) is 1. The highest BCUT2D eigenvalue weighted by Gasteiger charge is 2.43. The Labute approximate surface area is 152 Å². The molecule has 0 radical (unpaired) electrons. The lowest BCUT2D eigenvalue weighted by molar-refractivity contribution is -0.160. The summed E-state index contributed by atoms with van der Waals surface area (Å²) in [4.78, 5) is 16.2. The zero-order valence-electron chi connectivity index (χ0n) is 15.1. The van der Waals surface area contributed by atoms with Gasteiger partial charge in [0.15, 0.2) is 11.4 Å². The molecular weight excluding hydrogens is 337 g/mol. The van der Waals surface area contributed by atoms with Gasteiger partial charge in [-0.3, -0.25) is 9.69 Å². The Morgan fingerprint density at radius 1 is 1.42 bits per heavy atom. The van der Waals surface area contributed by atoms with Gasteiger partial charge >= 0.3 is 0 Å². The SMILES string of the molecule is Cc1cc(CN(C)C[C@@]2(O)CCCN(Cc3ccccc3F)C2=O)on1. The zero-order chi connectivity index (χ0) is 18.7. The molecule has 1 fully saturated rings. The number of likely N-dealkylation sites (N-methyl/N-ethyl adjacent to an activating group) is 1. The third-order valence-corrected chi connectivity index (χ3v) is 4.66. The van der Waals surface area contributed by atoms with E-state index in [0.29, 0.717) is 37.3 Å². The van der Waals surface area contributed by atoms with E-state index in [2.05, 4.69) is 5.16 Å². The molecule has 1 atom stereocenters. The number of piperidine rings is 1. The molecule has 7 heteroatoms. The number of halogens is 1. The van der Waals surface area contributed by atoms with Crippen molar-refractivity contribution < 1.29 is 18.8 Å². The average Bonchev–Trinajstić information content (AvgIpc) is 2.98. The van der Waals surface area contributed by atoms with E-state index in [9.17, 15) is 14.3 Å². The minimum absolute atomic E-state index is 0.166. The summed E-state index contributed by atoms with van der Waals surface area (Å²) >= 11 is 0. The van der Waals surface area contributed by atoms with Gasteiger partial charge in [-0.15, -0.1) is 0 Å². The lowest BCUT2D eigenvalue weighted by Crippen LogP contribution is -2.57. The number of carbonyl (C=O) groups is 1. The molecule has 0 bridgehead atoms. The molecule has 1 amide bonds. The van der Waals surface area contributed by atoms with Gasteiger partial charge in [0, 0.05) is 31.3 Å². The highest BCUT2D eigenvalue weighted by Crippen LogP contribution is 2.26. The van der Waals surface area contributed by atoms with Crippen molar-refractivity contribution in [3.8, 4) is 0 Å². The molecule has 0 unspecified atom stereocenters. The van der Waals surface area contributed by atoms with Gasteiger partial charge in [-0.05, 0) is 32.9 Å². The number of benzene rings is 1. The van der Waals surface area contributed by atoms with Gasteiger partial charge in [-0.1, -0.05) is 23.4 Å². The lowest BCUT2D eigenvalue weighted by atomic mass is 9.90. The van der Waals surface area contributed by atoms with Crippen LogP contribution in [0.2, 0.25) is 0 Å². The third kappa shape index (κ3) is 4.11. The number of rotatable bonds is 6. The standard InChI is InChI=1S/C19H24FN3O3/c1-14-10-16(26-21-14)12-22(2)13-19(25)8-5-9-23(18(19)24)11-15-6-3-4-7-17(15)20/h3-4,6-7,10,25H,5,8-9,11-13H2,1-2H3/t19-/m0/s1. The van der Waals surface area contributed by atoms with E-state index in [1.807, 2.05) is 24.9 Å². The smallest absolute Gasteiger partial charge is 0.256 e. The molecule has 2 heterocycles. The molecule has 6 nitrogen and oxygen atoms in total.